The first kappa shape index (κ1) is 23.2. The van der Waals surface area contributed by atoms with Crippen LogP contribution >= 0.6 is 15.9 Å². The van der Waals surface area contributed by atoms with Crippen LogP contribution in [-0.4, -0.2) is 20.4 Å². The zero-order chi connectivity index (χ0) is 22.6. The van der Waals surface area contributed by atoms with Gasteiger partial charge in [0.2, 0.25) is 15.9 Å². The summed E-state index contributed by atoms with van der Waals surface area (Å²) < 4.78 is 30.1. The van der Waals surface area contributed by atoms with E-state index in [1.807, 2.05) is 61.5 Å². The number of hydrogen-bond acceptors (Lipinski definition) is 3. The number of hydrogen-bond donors (Lipinski definition) is 2. The molecule has 0 aliphatic heterocycles. The van der Waals surface area contributed by atoms with Crippen molar-refractivity contribution in [2.24, 2.45) is 0 Å². The quantitative estimate of drug-likeness (QED) is 0.484. The Morgan fingerprint density at radius 3 is 2.10 bits per heavy atom. The molecule has 0 saturated heterocycles. The number of sulfonamides is 1. The molecule has 31 heavy (non-hydrogen) atoms. The van der Waals surface area contributed by atoms with Gasteiger partial charge < -0.3 is 5.32 Å². The molecule has 0 aromatic heterocycles. The third kappa shape index (κ3) is 6.03. The average Bonchev–Trinajstić information content (AvgIpc) is 2.68. The molecule has 0 fully saturated rings. The van der Waals surface area contributed by atoms with Crippen LogP contribution in [0.2, 0.25) is 0 Å². The van der Waals surface area contributed by atoms with E-state index in [9.17, 15) is 13.2 Å². The molecule has 3 rings (SSSR count). The number of rotatable bonds is 7. The predicted octanol–water partition coefficient (Wildman–Crippen LogP) is 4.90. The summed E-state index contributed by atoms with van der Waals surface area (Å²) in [4.78, 5) is 13.3. The van der Waals surface area contributed by atoms with Gasteiger partial charge in [0.25, 0.3) is 0 Å². The van der Waals surface area contributed by atoms with Crippen molar-refractivity contribution >= 4 is 37.5 Å². The Balaban J connectivity index is 1.92. The molecule has 2 N–H and O–H groups in total. The molecule has 1 amide bonds. The predicted molar refractivity (Wildman–Crippen MR) is 128 cm³/mol. The van der Waals surface area contributed by atoms with Gasteiger partial charge in [0.1, 0.15) is 6.04 Å². The van der Waals surface area contributed by atoms with Crippen LogP contribution in [0.1, 0.15) is 22.3 Å². The number of benzene rings is 3. The second-order valence-electron chi connectivity index (χ2n) is 7.59. The zero-order valence-electron chi connectivity index (χ0n) is 17.6. The number of anilines is 1. The van der Waals surface area contributed by atoms with Crippen LogP contribution in [0.5, 0.6) is 0 Å². The SMILES string of the molecule is Cc1cc(C)c(S(=O)(=O)N[C@H](Cc2ccccc2)C(=O)Nc2ccc(Br)cc2)c(C)c1. The summed E-state index contributed by atoms with van der Waals surface area (Å²) in [5.41, 5.74) is 3.74. The highest BCUT2D eigenvalue weighted by Crippen LogP contribution is 2.23. The molecule has 0 heterocycles. The topological polar surface area (TPSA) is 75.3 Å². The summed E-state index contributed by atoms with van der Waals surface area (Å²) in [6.07, 6.45) is 0.229. The summed E-state index contributed by atoms with van der Waals surface area (Å²) in [5.74, 6) is -0.419. The van der Waals surface area contributed by atoms with Gasteiger partial charge in [0.05, 0.1) is 4.90 Å². The number of nitrogens with one attached hydrogen (secondary N) is 2. The van der Waals surface area contributed by atoms with Gasteiger partial charge in [-0.15, -0.1) is 0 Å². The Hall–Kier alpha value is -2.48. The van der Waals surface area contributed by atoms with Crippen molar-refractivity contribution in [3.63, 3.8) is 0 Å². The van der Waals surface area contributed by atoms with Crippen molar-refractivity contribution in [3.8, 4) is 0 Å². The molecule has 0 spiro atoms. The van der Waals surface area contributed by atoms with Gasteiger partial charge in [-0.3, -0.25) is 4.79 Å². The van der Waals surface area contributed by atoms with Gasteiger partial charge in [-0.05, 0) is 68.1 Å². The lowest BCUT2D eigenvalue weighted by molar-refractivity contribution is -0.117. The van der Waals surface area contributed by atoms with Crippen molar-refractivity contribution in [3.05, 3.63) is 93.5 Å². The maximum absolute atomic E-state index is 13.3. The van der Waals surface area contributed by atoms with Gasteiger partial charge in [-0.2, -0.15) is 4.72 Å². The maximum Gasteiger partial charge on any atom is 0.242 e. The molecule has 0 unspecified atom stereocenters. The summed E-state index contributed by atoms with van der Waals surface area (Å²) in [7, 11) is -3.92. The van der Waals surface area contributed by atoms with Crippen molar-refractivity contribution in [1.82, 2.24) is 4.72 Å². The van der Waals surface area contributed by atoms with Crippen LogP contribution < -0.4 is 10.0 Å². The van der Waals surface area contributed by atoms with E-state index in [0.717, 1.165) is 15.6 Å². The first-order chi connectivity index (χ1) is 14.7. The Kier molecular flexibility index (Phi) is 7.30. The van der Waals surface area contributed by atoms with Gasteiger partial charge >= 0.3 is 0 Å². The van der Waals surface area contributed by atoms with Crippen molar-refractivity contribution < 1.29 is 13.2 Å². The lowest BCUT2D eigenvalue weighted by Crippen LogP contribution is -2.45. The first-order valence-electron chi connectivity index (χ1n) is 9.86. The average molecular weight is 501 g/mol. The van der Waals surface area contributed by atoms with Gasteiger partial charge in [-0.1, -0.05) is 64.0 Å². The smallest absolute Gasteiger partial charge is 0.242 e. The van der Waals surface area contributed by atoms with Crippen LogP contribution in [0.25, 0.3) is 0 Å². The summed E-state index contributed by atoms with van der Waals surface area (Å²) in [6.45, 7) is 5.46. The van der Waals surface area contributed by atoms with Crippen LogP contribution in [0.4, 0.5) is 5.69 Å². The molecule has 3 aromatic carbocycles. The van der Waals surface area contributed by atoms with E-state index >= 15 is 0 Å². The molecule has 0 aliphatic rings. The fourth-order valence-corrected chi connectivity index (χ4v) is 5.55. The second-order valence-corrected chi connectivity index (χ2v) is 10.2. The standard InChI is InChI=1S/C24H25BrN2O3S/c1-16-13-17(2)23(18(3)14-16)31(29,30)27-22(15-19-7-5-4-6-8-19)24(28)26-21-11-9-20(25)10-12-21/h4-14,22,27H,15H2,1-3H3,(H,26,28)/t22-/m1/s1. The lowest BCUT2D eigenvalue weighted by Gasteiger charge is -2.20. The van der Waals surface area contributed by atoms with E-state index in [1.54, 1.807) is 26.0 Å². The Labute approximate surface area is 192 Å². The molecule has 0 bridgehead atoms. The zero-order valence-corrected chi connectivity index (χ0v) is 20.0. The Morgan fingerprint density at radius 1 is 0.935 bits per heavy atom. The summed E-state index contributed by atoms with van der Waals surface area (Å²) >= 11 is 3.36. The van der Waals surface area contributed by atoms with Crippen molar-refractivity contribution in [1.29, 1.82) is 0 Å². The van der Waals surface area contributed by atoms with E-state index in [1.165, 1.54) is 0 Å². The van der Waals surface area contributed by atoms with Crippen molar-refractivity contribution in [2.45, 2.75) is 38.1 Å². The van der Waals surface area contributed by atoms with E-state index in [-0.39, 0.29) is 11.3 Å². The normalized spacial score (nSPS) is 12.4. The molecular weight excluding hydrogens is 476 g/mol. The third-order valence-electron chi connectivity index (χ3n) is 4.88. The maximum atomic E-state index is 13.3. The van der Waals surface area contributed by atoms with Gasteiger partial charge in [-0.25, -0.2) is 8.42 Å². The molecule has 3 aromatic rings. The fraction of sp³-hybridized carbons (Fsp3) is 0.208. The molecular formula is C24H25BrN2O3S. The highest BCUT2D eigenvalue weighted by molar-refractivity contribution is 9.10. The highest BCUT2D eigenvalue weighted by Gasteiger charge is 2.28. The van der Waals surface area contributed by atoms with Gasteiger partial charge in [0, 0.05) is 10.2 Å². The first-order valence-corrected chi connectivity index (χ1v) is 12.1. The van der Waals surface area contributed by atoms with E-state index in [2.05, 4.69) is 26.0 Å². The minimum absolute atomic E-state index is 0.215. The molecule has 7 heteroatoms. The Bertz CT molecular complexity index is 1150. The molecule has 162 valence electrons. The summed E-state index contributed by atoms with van der Waals surface area (Å²) in [6, 6.07) is 19.2. The summed E-state index contributed by atoms with van der Waals surface area (Å²) in [5, 5.41) is 2.82. The van der Waals surface area contributed by atoms with Gasteiger partial charge in [0.15, 0.2) is 0 Å². The number of amides is 1. The highest BCUT2D eigenvalue weighted by atomic mass is 79.9. The number of carbonyl (C=O) groups excluding carboxylic acids is 1. The molecule has 5 nitrogen and oxygen atoms in total. The second kappa shape index (κ2) is 9.77. The van der Waals surface area contributed by atoms with Crippen LogP contribution in [0.3, 0.4) is 0 Å². The number of halogens is 1. The minimum atomic E-state index is -3.92. The van der Waals surface area contributed by atoms with E-state index < -0.39 is 22.0 Å². The third-order valence-corrected chi connectivity index (χ3v) is 7.19. The monoisotopic (exact) mass is 500 g/mol. The van der Waals surface area contributed by atoms with Crippen LogP contribution in [0, 0.1) is 20.8 Å². The van der Waals surface area contributed by atoms with E-state index in [4.69, 9.17) is 0 Å². The molecule has 0 aliphatic carbocycles. The lowest BCUT2D eigenvalue weighted by atomic mass is 10.1. The van der Waals surface area contributed by atoms with Crippen LogP contribution in [0.15, 0.2) is 76.1 Å². The number of aryl methyl sites for hydroxylation is 3. The minimum Gasteiger partial charge on any atom is -0.325 e. The molecule has 0 saturated carbocycles. The van der Waals surface area contributed by atoms with Crippen molar-refractivity contribution in [2.75, 3.05) is 5.32 Å². The molecule has 0 radical (unpaired) electrons. The molecule has 1 atom stereocenters. The number of carbonyl (C=O) groups is 1. The van der Waals surface area contributed by atoms with E-state index in [0.29, 0.717) is 16.8 Å². The largest absolute Gasteiger partial charge is 0.325 e. The Morgan fingerprint density at radius 2 is 1.52 bits per heavy atom. The fourth-order valence-electron chi connectivity index (χ4n) is 3.64. The van der Waals surface area contributed by atoms with Crippen LogP contribution in [-0.2, 0) is 21.2 Å².